The van der Waals surface area contributed by atoms with Crippen molar-refractivity contribution in [1.29, 1.82) is 0 Å². The minimum absolute atomic E-state index is 0.00642. The van der Waals surface area contributed by atoms with Crippen LogP contribution in [0.3, 0.4) is 0 Å². The summed E-state index contributed by atoms with van der Waals surface area (Å²) in [5, 5.41) is 5.73. The molecule has 0 radical (unpaired) electrons. The van der Waals surface area contributed by atoms with Gasteiger partial charge in [-0.1, -0.05) is 41.9 Å². The zero-order valence-corrected chi connectivity index (χ0v) is 14.3. The van der Waals surface area contributed by atoms with Crippen molar-refractivity contribution in [2.45, 2.75) is 6.43 Å². The van der Waals surface area contributed by atoms with Crippen LogP contribution in [-0.2, 0) is 7.05 Å². The van der Waals surface area contributed by atoms with Gasteiger partial charge < -0.3 is 5.32 Å². The Morgan fingerprint density at radius 1 is 1.19 bits per heavy atom. The van der Waals surface area contributed by atoms with Crippen LogP contribution in [0, 0.1) is 5.82 Å². The molecule has 0 atom stereocenters. The van der Waals surface area contributed by atoms with Crippen LogP contribution >= 0.6 is 11.6 Å². The molecule has 0 aliphatic carbocycles. The minimum Gasteiger partial charge on any atom is -0.320 e. The molecule has 2 aromatic carbocycles. The molecule has 134 valence electrons. The number of nitrogens with one attached hydrogen (secondary N) is 1. The largest absolute Gasteiger partial charge is 0.320 e. The molecular formula is C18H13ClF3N3O. The first-order chi connectivity index (χ1) is 12.4. The lowest BCUT2D eigenvalue weighted by molar-refractivity contribution is 0.101. The van der Waals surface area contributed by atoms with Gasteiger partial charge in [-0.15, -0.1) is 0 Å². The third-order valence-corrected chi connectivity index (χ3v) is 4.10. The summed E-state index contributed by atoms with van der Waals surface area (Å²) in [4.78, 5) is 12.5. The summed E-state index contributed by atoms with van der Waals surface area (Å²) in [6.45, 7) is 0. The van der Waals surface area contributed by atoms with Crippen molar-refractivity contribution in [3.05, 3.63) is 70.8 Å². The Hall–Kier alpha value is -2.80. The van der Waals surface area contributed by atoms with Crippen molar-refractivity contribution in [3.8, 4) is 11.1 Å². The van der Waals surface area contributed by atoms with E-state index >= 15 is 0 Å². The van der Waals surface area contributed by atoms with Crippen molar-refractivity contribution in [2.75, 3.05) is 5.32 Å². The number of rotatable bonds is 4. The van der Waals surface area contributed by atoms with Gasteiger partial charge in [-0.2, -0.15) is 5.10 Å². The van der Waals surface area contributed by atoms with E-state index in [0.29, 0.717) is 11.1 Å². The van der Waals surface area contributed by atoms with E-state index in [0.717, 1.165) is 4.68 Å². The number of aromatic nitrogens is 2. The van der Waals surface area contributed by atoms with Gasteiger partial charge in [0.15, 0.2) is 0 Å². The Bertz CT molecular complexity index is 958. The first-order valence-electron chi connectivity index (χ1n) is 7.55. The number of aryl methyl sites for hydroxylation is 1. The van der Waals surface area contributed by atoms with Gasteiger partial charge in [0.1, 0.15) is 16.5 Å². The van der Waals surface area contributed by atoms with Gasteiger partial charge in [-0.25, -0.2) is 13.2 Å². The SMILES string of the molecule is Cn1cc(C(=O)Nc2c(-c3ccccc3)ccc(F)c2Cl)c(C(F)F)n1. The number of nitrogens with zero attached hydrogens (tertiary/aromatic N) is 2. The molecule has 0 unspecified atom stereocenters. The van der Waals surface area contributed by atoms with Crippen molar-refractivity contribution in [1.82, 2.24) is 9.78 Å². The van der Waals surface area contributed by atoms with E-state index in [1.54, 1.807) is 30.3 Å². The quantitative estimate of drug-likeness (QED) is 0.688. The number of benzene rings is 2. The van der Waals surface area contributed by atoms with E-state index in [1.165, 1.54) is 25.4 Å². The van der Waals surface area contributed by atoms with Gasteiger partial charge in [0.2, 0.25) is 0 Å². The molecule has 3 rings (SSSR count). The lowest BCUT2D eigenvalue weighted by atomic mass is 10.0. The maximum absolute atomic E-state index is 13.9. The Labute approximate surface area is 152 Å². The molecule has 1 N–H and O–H groups in total. The molecule has 0 aliphatic rings. The third kappa shape index (κ3) is 3.43. The molecule has 8 heteroatoms. The third-order valence-electron chi connectivity index (χ3n) is 3.73. The number of carbonyl (C=O) groups excluding carboxylic acids is 1. The lowest BCUT2D eigenvalue weighted by Crippen LogP contribution is -2.15. The summed E-state index contributed by atoms with van der Waals surface area (Å²) in [7, 11) is 1.42. The summed E-state index contributed by atoms with van der Waals surface area (Å²) in [6.07, 6.45) is -1.75. The molecule has 1 aromatic heterocycles. The first-order valence-corrected chi connectivity index (χ1v) is 7.92. The van der Waals surface area contributed by atoms with Gasteiger partial charge in [0.25, 0.3) is 12.3 Å². The molecule has 0 fully saturated rings. The first kappa shape index (κ1) is 18.0. The van der Waals surface area contributed by atoms with E-state index in [1.807, 2.05) is 0 Å². The Balaban J connectivity index is 2.05. The van der Waals surface area contributed by atoms with Gasteiger partial charge in [-0.3, -0.25) is 9.48 Å². The fraction of sp³-hybridized carbons (Fsp3) is 0.111. The Morgan fingerprint density at radius 2 is 1.88 bits per heavy atom. The Kier molecular flexibility index (Phi) is 4.99. The van der Waals surface area contributed by atoms with Gasteiger partial charge in [0.05, 0.1) is 11.3 Å². The topological polar surface area (TPSA) is 46.9 Å². The molecule has 1 heterocycles. The molecule has 0 bridgehead atoms. The second-order valence-corrected chi connectivity index (χ2v) is 5.88. The highest BCUT2D eigenvalue weighted by Crippen LogP contribution is 2.36. The fourth-order valence-electron chi connectivity index (χ4n) is 2.55. The average molecular weight is 380 g/mol. The molecule has 26 heavy (non-hydrogen) atoms. The van der Waals surface area contributed by atoms with Crippen LogP contribution in [-0.4, -0.2) is 15.7 Å². The second kappa shape index (κ2) is 7.21. The second-order valence-electron chi connectivity index (χ2n) is 5.51. The van der Waals surface area contributed by atoms with Crippen LogP contribution in [0.2, 0.25) is 5.02 Å². The highest BCUT2D eigenvalue weighted by atomic mass is 35.5. The molecule has 0 saturated carbocycles. The lowest BCUT2D eigenvalue weighted by Gasteiger charge is -2.14. The number of carbonyl (C=O) groups is 1. The number of amides is 1. The molecular weight excluding hydrogens is 367 g/mol. The highest BCUT2D eigenvalue weighted by molar-refractivity contribution is 6.35. The van der Waals surface area contributed by atoms with Crippen LogP contribution in [0.15, 0.2) is 48.7 Å². The van der Waals surface area contributed by atoms with Crippen molar-refractivity contribution in [2.24, 2.45) is 7.05 Å². The minimum atomic E-state index is -2.92. The number of anilines is 1. The zero-order valence-electron chi connectivity index (χ0n) is 13.5. The predicted octanol–water partition coefficient (Wildman–Crippen LogP) is 5.07. The van der Waals surface area contributed by atoms with E-state index < -0.39 is 23.8 Å². The van der Waals surface area contributed by atoms with Crippen molar-refractivity contribution < 1.29 is 18.0 Å². The maximum atomic E-state index is 13.9. The number of hydrogen-bond donors (Lipinski definition) is 1. The standard InChI is InChI=1S/C18H13ClF3N3O/c1-25-9-12(16(24-25)17(21)22)18(26)23-15-11(7-8-13(20)14(15)19)10-5-3-2-4-6-10/h2-9,17H,1H3,(H,23,26). The summed E-state index contributed by atoms with van der Waals surface area (Å²) in [5.41, 5.74) is 0.199. The predicted molar refractivity (Wildman–Crippen MR) is 93.0 cm³/mol. The molecule has 4 nitrogen and oxygen atoms in total. The molecule has 0 aliphatic heterocycles. The number of halogens is 4. The van der Waals surface area contributed by atoms with E-state index in [-0.39, 0.29) is 16.3 Å². The Morgan fingerprint density at radius 3 is 2.54 bits per heavy atom. The van der Waals surface area contributed by atoms with Crippen LogP contribution in [0.1, 0.15) is 22.5 Å². The van der Waals surface area contributed by atoms with Gasteiger partial charge >= 0.3 is 0 Å². The zero-order chi connectivity index (χ0) is 18.8. The smallest absolute Gasteiger partial charge is 0.282 e. The summed E-state index contributed by atoms with van der Waals surface area (Å²) in [5.74, 6) is -1.58. The fourth-order valence-corrected chi connectivity index (χ4v) is 2.77. The van der Waals surface area contributed by atoms with E-state index in [9.17, 15) is 18.0 Å². The number of hydrogen-bond acceptors (Lipinski definition) is 2. The van der Waals surface area contributed by atoms with Crippen molar-refractivity contribution in [3.63, 3.8) is 0 Å². The molecule has 0 spiro atoms. The van der Waals surface area contributed by atoms with Crippen molar-refractivity contribution >= 4 is 23.2 Å². The summed E-state index contributed by atoms with van der Waals surface area (Å²) < 4.78 is 41.2. The van der Waals surface area contributed by atoms with Crippen LogP contribution in [0.4, 0.5) is 18.9 Å². The summed E-state index contributed by atoms with van der Waals surface area (Å²) in [6, 6.07) is 11.5. The molecule has 1 amide bonds. The van der Waals surface area contributed by atoms with E-state index in [2.05, 4.69) is 10.4 Å². The molecule has 0 saturated heterocycles. The van der Waals surface area contributed by atoms with Gasteiger partial charge in [0, 0.05) is 18.8 Å². The van der Waals surface area contributed by atoms with Gasteiger partial charge in [-0.05, 0) is 17.7 Å². The molecule has 3 aromatic rings. The van der Waals surface area contributed by atoms with Crippen LogP contribution < -0.4 is 5.32 Å². The maximum Gasteiger partial charge on any atom is 0.282 e. The average Bonchev–Trinajstić information content (AvgIpc) is 3.02. The normalized spacial score (nSPS) is 11.0. The highest BCUT2D eigenvalue weighted by Gasteiger charge is 2.24. The number of alkyl halides is 2. The monoisotopic (exact) mass is 379 g/mol. The summed E-state index contributed by atoms with van der Waals surface area (Å²) >= 11 is 6.03. The van der Waals surface area contributed by atoms with Crippen LogP contribution in [0.25, 0.3) is 11.1 Å². The van der Waals surface area contributed by atoms with Crippen LogP contribution in [0.5, 0.6) is 0 Å². The van der Waals surface area contributed by atoms with E-state index in [4.69, 9.17) is 11.6 Å².